The van der Waals surface area contributed by atoms with E-state index in [0.717, 1.165) is 25.7 Å². The monoisotopic (exact) mass is 529 g/mol. The zero-order valence-electron chi connectivity index (χ0n) is 20.5. The molecule has 196 valence electrons. The Balaban J connectivity index is 1.28. The van der Waals surface area contributed by atoms with Crippen LogP contribution in [0.3, 0.4) is 0 Å². The summed E-state index contributed by atoms with van der Waals surface area (Å²) < 4.78 is 31.7. The molecular weight excluding hydrogens is 501 g/mol. The normalized spacial score (nSPS) is 19.9. The van der Waals surface area contributed by atoms with E-state index in [1.807, 2.05) is 6.07 Å². The molecule has 0 bridgehead atoms. The van der Waals surface area contributed by atoms with Crippen molar-refractivity contribution in [3.8, 4) is 11.5 Å². The second kappa shape index (κ2) is 11.4. The molecule has 2 aliphatic rings. The summed E-state index contributed by atoms with van der Waals surface area (Å²) in [5.74, 6) is 0.973. The van der Waals surface area contributed by atoms with Crippen LogP contribution in [0, 0.1) is 5.82 Å². The molecule has 1 aliphatic heterocycles. The van der Waals surface area contributed by atoms with Crippen LogP contribution < -0.4 is 20.1 Å². The van der Waals surface area contributed by atoms with Crippen molar-refractivity contribution < 1.29 is 23.4 Å². The summed E-state index contributed by atoms with van der Waals surface area (Å²) in [7, 11) is 1.58. The number of morpholine rings is 1. The summed E-state index contributed by atoms with van der Waals surface area (Å²) in [6.07, 6.45) is 4.59. The fraction of sp³-hybridized carbons (Fsp3) is 0.423. The molecule has 11 heteroatoms. The van der Waals surface area contributed by atoms with Gasteiger partial charge in [0.1, 0.15) is 12.1 Å². The number of rotatable bonds is 6. The number of nitrogens with zero attached hydrogens (tertiary/aromatic N) is 3. The predicted octanol–water partition coefficient (Wildman–Crippen LogP) is 4.91. The van der Waals surface area contributed by atoms with Crippen molar-refractivity contribution in [3.63, 3.8) is 0 Å². The number of carbonyl (C=O) groups is 1. The summed E-state index contributed by atoms with van der Waals surface area (Å²) in [5.41, 5.74) is 0.835. The van der Waals surface area contributed by atoms with E-state index in [9.17, 15) is 9.18 Å². The number of hydrogen-bond acceptors (Lipinski definition) is 7. The summed E-state index contributed by atoms with van der Waals surface area (Å²) in [6.45, 7) is 2.41. The van der Waals surface area contributed by atoms with Crippen LogP contribution in [0.15, 0.2) is 36.7 Å². The van der Waals surface area contributed by atoms with Gasteiger partial charge >= 0.3 is 6.03 Å². The lowest BCUT2D eigenvalue weighted by atomic mass is 9.93. The summed E-state index contributed by atoms with van der Waals surface area (Å²) in [5, 5.41) is 6.84. The summed E-state index contributed by atoms with van der Waals surface area (Å²) >= 11 is 5.93. The average molecular weight is 530 g/mol. The summed E-state index contributed by atoms with van der Waals surface area (Å²) in [4.78, 5) is 23.0. The molecule has 2 N–H and O–H groups in total. The smallest absolute Gasteiger partial charge is 0.317 e. The minimum absolute atomic E-state index is 0.0193. The number of halogens is 2. The number of amides is 2. The standard InChI is InChI=1S/C26H29ClFN5O4/c1-35-22-14-21-18(25(30-15-29-21)32-20-4-2-3-19(27)24(20)28)13-23(22)37-17-7-5-16(6-8-17)31-26(34)33-9-11-36-12-10-33/h2-4,13-17H,5-12H2,1H3,(H,31,34)(H,29,30,32)/t16-,17-. The van der Waals surface area contributed by atoms with Crippen molar-refractivity contribution in [1.82, 2.24) is 20.2 Å². The number of carbonyl (C=O) groups excluding carboxylic acids is 1. The van der Waals surface area contributed by atoms with E-state index in [4.69, 9.17) is 25.8 Å². The maximum absolute atomic E-state index is 14.5. The third-order valence-electron chi connectivity index (χ3n) is 6.72. The van der Waals surface area contributed by atoms with Gasteiger partial charge in [0, 0.05) is 30.6 Å². The molecule has 1 aromatic heterocycles. The number of fused-ring (bicyclic) bond motifs is 1. The van der Waals surface area contributed by atoms with E-state index >= 15 is 0 Å². The highest BCUT2D eigenvalue weighted by Gasteiger charge is 2.27. The Kier molecular flexibility index (Phi) is 7.76. The van der Waals surface area contributed by atoms with Gasteiger partial charge in [-0.15, -0.1) is 0 Å². The number of hydrogen-bond donors (Lipinski definition) is 2. The molecule has 5 rings (SSSR count). The topological polar surface area (TPSA) is 97.8 Å². The molecule has 1 aliphatic carbocycles. The van der Waals surface area contributed by atoms with E-state index < -0.39 is 5.82 Å². The highest BCUT2D eigenvalue weighted by atomic mass is 35.5. The molecule has 9 nitrogen and oxygen atoms in total. The predicted molar refractivity (Wildman–Crippen MR) is 138 cm³/mol. The van der Waals surface area contributed by atoms with E-state index in [0.29, 0.717) is 54.5 Å². The van der Waals surface area contributed by atoms with Crippen LogP contribution in [0.2, 0.25) is 5.02 Å². The zero-order chi connectivity index (χ0) is 25.8. The first-order valence-electron chi connectivity index (χ1n) is 12.4. The van der Waals surface area contributed by atoms with Crippen molar-refractivity contribution in [2.45, 2.75) is 37.8 Å². The second-order valence-corrected chi connectivity index (χ2v) is 9.52. The van der Waals surface area contributed by atoms with Crippen LogP contribution in [0.1, 0.15) is 25.7 Å². The van der Waals surface area contributed by atoms with Crippen molar-refractivity contribution in [1.29, 1.82) is 0 Å². The molecule has 2 heterocycles. The molecule has 0 spiro atoms. The lowest BCUT2D eigenvalue weighted by Gasteiger charge is -2.33. The minimum Gasteiger partial charge on any atom is -0.493 e. The molecular formula is C26H29ClFN5O4. The number of anilines is 2. The van der Waals surface area contributed by atoms with Crippen LogP contribution in [0.25, 0.3) is 10.9 Å². The molecule has 0 unspecified atom stereocenters. The molecule has 2 aromatic carbocycles. The maximum atomic E-state index is 14.5. The van der Waals surface area contributed by atoms with Crippen molar-refractivity contribution in [3.05, 3.63) is 47.5 Å². The van der Waals surface area contributed by atoms with Gasteiger partial charge in [-0.3, -0.25) is 0 Å². The molecule has 3 aromatic rings. The fourth-order valence-corrected chi connectivity index (χ4v) is 4.85. The van der Waals surface area contributed by atoms with Gasteiger partial charge in [-0.1, -0.05) is 17.7 Å². The largest absolute Gasteiger partial charge is 0.493 e. The van der Waals surface area contributed by atoms with E-state index in [1.165, 1.54) is 12.4 Å². The first-order chi connectivity index (χ1) is 18.0. The number of benzene rings is 2. The van der Waals surface area contributed by atoms with Crippen LogP contribution >= 0.6 is 11.6 Å². The van der Waals surface area contributed by atoms with Gasteiger partial charge in [0.25, 0.3) is 0 Å². The van der Waals surface area contributed by atoms with Crippen LogP contribution in [-0.2, 0) is 4.74 Å². The molecule has 0 atom stereocenters. The Morgan fingerprint density at radius 2 is 1.92 bits per heavy atom. The molecule has 37 heavy (non-hydrogen) atoms. The second-order valence-electron chi connectivity index (χ2n) is 9.11. The highest BCUT2D eigenvalue weighted by molar-refractivity contribution is 6.31. The Labute approximate surface area is 219 Å². The minimum atomic E-state index is -0.557. The van der Waals surface area contributed by atoms with Crippen molar-refractivity contribution in [2.24, 2.45) is 0 Å². The SMILES string of the molecule is COc1cc2ncnc(Nc3cccc(Cl)c3F)c2cc1O[C@H]1CC[C@H](NC(=O)N2CCOCC2)CC1. The van der Waals surface area contributed by atoms with Gasteiger partial charge in [0.15, 0.2) is 17.3 Å². The van der Waals surface area contributed by atoms with Gasteiger partial charge in [0.2, 0.25) is 0 Å². The van der Waals surface area contributed by atoms with Crippen LogP contribution in [0.4, 0.5) is 20.7 Å². The van der Waals surface area contributed by atoms with Gasteiger partial charge in [-0.25, -0.2) is 19.2 Å². The first kappa shape index (κ1) is 25.3. The number of ether oxygens (including phenoxy) is 3. The third-order valence-corrected chi connectivity index (χ3v) is 7.01. The van der Waals surface area contributed by atoms with Crippen molar-refractivity contribution >= 4 is 40.0 Å². The molecule has 1 saturated heterocycles. The van der Waals surface area contributed by atoms with Crippen LogP contribution in [0.5, 0.6) is 11.5 Å². The Bertz CT molecular complexity index is 1270. The Hall–Kier alpha value is -3.37. The quantitative estimate of drug-likeness (QED) is 0.468. The number of nitrogens with one attached hydrogen (secondary N) is 2. The van der Waals surface area contributed by atoms with Gasteiger partial charge in [0.05, 0.1) is 42.7 Å². The highest BCUT2D eigenvalue weighted by Crippen LogP contribution is 2.37. The number of urea groups is 1. The van der Waals surface area contributed by atoms with Gasteiger partial charge in [-0.05, 0) is 43.9 Å². The lowest BCUT2D eigenvalue weighted by Crippen LogP contribution is -2.50. The Morgan fingerprint density at radius 1 is 1.14 bits per heavy atom. The van der Waals surface area contributed by atoms with E-state index in [-0.39, 0.29) is 28.9 Å². The van der Waals surface area contributed by atoms with Crippen molar-refractivity contribution in [2.75, 3.05) is 38.7 Å². The summed E-state index contributed by atoms with van der Waals surface area (Å²) in [6, 6.07) is 8.41. The molecule has 2 fully saturated rings. The van der Waals surface area contributed by atoms with Crippen LogP contribution in [-0.4, -0.2) is 66.5 Å². The van der Waals surface area contributed by atoms with E-state index in [1.54, 1.807) is 30.2 Å². The Morgan fingerprint density at radius 3 is 2.68 bits per heavy atom. The lowest BCUT2D eigenvalue weighted by molar-refractivity contribution is 0.0514. The molecule has 2 amide bonds. The average Bonchev–Trinajstić information content (AvgIpc) is 2.92. The van der Waals surface area contributed by atoms with Gasteiger partial charge in [-0.2, -0.15) is 0 Å². The van der Waals surface area contributed by atoms with E-state index in [2.05, 4.69) is 20.6 Å². The first-order valence-corrected chi connectivity index (χ1v) is 12.7. The van der Waals surface area contributed by atoms with Gasteiger partial charge < -0.3 is 29.7 Å². The molecule has 0 radical (unpaired) electrons. The number of methoxy groups -OCH3 is 1. The molecule has 1 saturated carbocycles. The third kappa shape index (κ3) is 5.80. The maximum Gasteiger partial charge on any atom is 0.317 e. The fourth-order valence-electron chi connectivity index (χ4n) is 4.68. The zero-order valence-corrected chi connectivity index (χ0v) is 21.3. The number of aromatic nitrogens is 2.